The van der Waals surface area contributed by atoms with E-state index in [-0.39, 0.29) is 42.3 Å². The molecule has 1 unspecified atom stereocenters. The first-order valence-electron chi connectivity index (χ1n) is 10.4. The second kappa shape index (κ2) is 8.51. The van der Waals surface area contributed by atoms with Gasteiger partial charge in [-0.25, -0.2) is 4.98 Å². The Morgan fingerprint density at radius 1 is 1.30 bits per heavy atom. The van der Waals surface area contributed by atoms with Gasteiger partial charge in [-0.2, -0.15) is 0 Å². The van der Waals surface area contributed by atoms with E-state index in [0.717, 1.165) is 25.7 Å². The van der Waals surface area contributed by atoms with Crippen LogP contribution in [0.5, 0.6) is 5.88 Å². The van der Waals surface area contributed by atoms with Crippen molar-refractivity contribution in [3.05, 3.63) is 23.9 Å². The third-order valence-electron chi connectivity index (χ3n) is 6.46. The van der Waals surface area contributed by atoms with Gasteiger partial charge in [0.1, 0.15) is 30.5 Å². The summed E-state index contributed by atoms with van der Waals surface area (Å²) in [6.07, 6.45) is 3.06. The Kier molecular flexibility index (Phi) is 5.97. The number of rotatable bonds is 4. The van der Waals surface area contributed by atoms with Crippen molar-refractivity contribution in [1.82, 2.24) is 15.2 Å². The zero-order valence-electron chi connectivity index (χ0n) is 16.8. The fourth-order valence-corrected chi connectivity index (χ4v) is 5.13. The number of hydrogen-bond acceptors (Lipinski definition) is 6. The van der Waals surface area contributed by atoms with Gasteiger partial charge in [-0.15, -0.1) is 11.6 Å². The van der Waals surface area contributed by atoms with Gasteiger partial charge in [0.15, 0.2) is 5.78 Å². The van der Waals surface area contributed by atoms with Crippen molar-refractivity contribution in [2.24, 2.45) is 11.8 Å². The minimum absolute atomic E-state index is 0.0340. The van der Waals surface area contributed by atoms with E-state index < -0.39 is 29.5 Å². The average Bonchev–Trinajstić information content (AvgIpc) is 3.27. The lowest BCUT2D eigenvalue weighted by Crippen LogP contribution is -2.55. The quantitative estimate of drug-likeness (QED) is 0.694. The maximum Gasteiger partial charge on any atom is 0.270 e. The minimum Gasteiger partial charge on any atom is -0.493 e. The first-order valence-corrected chi connectivity index (χ1v) is 10.8. The highest BCUT2D eigenvalue weighted by Gasteiger charge is 2.53. The van der Waals surface area contributed by atoms with Crippen molar-refractivity contribution >= 4 is 29.2 Å². The number of nitrogens with one attached hydrogen (secondary N) is 1. The van der Waals surface area contributed by atoms with Crippen LogP contribution in [0.25, 0.3) is 0 Å². The third-order valence-corrected chi connectivity index (χ3v) is 6.84. The van der Waals surface area contributed by atoms with Crippen molar-refractivity contribution in [2.45, 2.75) is 56.2 Å². The number of aromatic hydroxyl groups is 1. The number of halogens is 1. The summed E-state index contributed by atoms with van der Waals surface area (Å²) < 4.78 is 5.48. The Labute approximate surface area is 179 Å². The number of ether oxygens (including phenoxy) is 1. The Morgan fingerprint density at radius 2 is 2.03 bits per heavy atom. The SMILES string of the molecule is C[C@H]1CC[C@H](C(NC(=O)c2cccc(O)n2)C(=O)N2C[C@H](Cl)[C@H]3OCC(=O)[C@H]32)CC1. The number of aromatic nitrogens is 1. The van der Waals surface area contributed by atoms with Crippen LogP contribution in [0.4, 0.5) is 0 Å². The van der Waals surface area contributed by atoms with E-state index in [2.05, 4.69) is 17.2 Å². The minimum atomic E-state index is -0.787. The molecule has 0 aromatic carbocycles. The summed E-state index contributed by atoms with van der Waals surface area (Å²) in [5.74, 6) is -0.726. The maximum absolute atomic E-state index is 13.6. The zero-order valence-corrected chi connectivity index (χ0v) is 17.5. The smallest absolute Gasteiger partial charge is 0.270 e. The Bertz CT molecular complexity index is 842. The molecule has 2 aliphatic heterocycles. The molecule has 1 aliphatic carbocycles. The number of pyridine rings is 1. The first kappa shape index (κ1) is 21.1. The van der Waals surface area contributed by atoms with E-state index in [1.165, 1.54) is 23.1 Å². The number of nitrogens with zero attached hydrogens (tertiary/aromatic N) is 2. The number of fused-ring (bicyclic) bond motifs is 1. The van der Waals surface area contributed by atoms with E-state index >= 15 is 0 Å². The third kappa shape index (κ3) is 4.03. The monoisotopic (exact) mass is 435 g/mol. The number of Topliss-reactive ketones (excluding diaryl/α,β-unsaturated/α-hetero) is 1. The molecule has 2 N–H and O–H groups in total. The fourth-order valence-electron chi connectivity index (χ4n) is 4.77. The summed E-state index contributed by atoms with van der Waals surface area (Å²) in [7, 11) is 0. The number of carbonyl (C=O) groups is 3. The van der Waals surface area contributed by atoms with Gasteiger partial charge in [-0.05, 0) is 30.7 Å². The van der Waals surface area contributed by atoms with Crippen molar-refractivity contribution in [3.63, 3.8) is 0 Å². The zero-order chi connectivity index (χ0) is 21.4. The molecule has 3 heterocycles. The fraction of sp³-hybridized carbons (Fsp3) is 0.619. The molecule has 162 valence electrons. The van der Waals surface area contributed by atoms with Crippen LogP contribution < -0.4 is 5.32 Å². The van der Waals surface area contributed by atoms with Gasteiger partial charge in [0.05, 0.1) is 5.38 Å². The summed E-state index contributed by atoms with van der Waals surface area (Å²) in [5, 5.41) is 12.0. The topological polar surface area (TPSA) is 109 Å². The second-order valence-corrected chi connectivity index (χ2v) is 9.11. The Balaban J connectivity index is 1.57. The number of alkyl halides is 1. The van der Waals surface area contributed by atoms with Gasteiger partial charge in [0.25, 0.3) is 5.91 Å². The van der Waals surface area contributed by atoms with Crippen LogP contribution in [0.2, 0.25) is 0 Å². The molecule has 0 spiro atoms. The van der Waals surface area contributed by atoms with Crippen molar-refractivity contribution < 1.29 is 24.2 Å². The molecule has 0 bridgehead atoms. The number of ketones is 1. The number of amides is 2. The van der Waals surface area contributed by atoms with Crippen molar-refractivity contribution in [2.75, 3.05) is 13.2 Å². The van der Waals surface area contributed by atoms with Crippen LogP contribution >= 0.6 is 11.6 Å². The highest BCUT2D eigenvalue weighted by Crippen LogP contribution is 2.35. The molecule has 8 nitrogen and oxygen atoms in total. The lowest BCUT2D eigenvalue weighted by Gasteiger charge is -2.35. The highest BCUT2D eigenvalue weighted by molar-refractivity contribution is 6.22. The molecule has 30 heavy (non-hydrogen) atoms. The molecule has 3 fully saturated rings. The van der Waals surface area contributed by atoms with Gasteiger partial charge in [-0.3, -0.25) is 14.4 Å². The van der Waals surface area contributed by atoms with E-state index in [0.29, 0.717) is 5.92 Å². The summed E-state index contributed by atoms with van der Waals surface area (Å²) in [4.78, 5) is 44.0. The van der Waals surface area contributed by atoms with E-state index in [9.17, 15) is 19.5 Å². The Morgan fingerprint density at radius 3 is 2.73 bits per heavy atom. The average molecular weight is 436 g/mol. The first-order chi connectivity index (χ1) is 14.3. The van der Waals surface area contributed by atoms with E-state index in [4.69, 9.17) is 16.3 Å². The van der Waals surface area contributed by atoms with Gasteiger partial charge in [0.2, 0.25) is 11.8 Å². The lowest BCUT2D eigenvalue weighted by molar-refractivity contribution is -0.139. The molecule has 9 heteroatoms. The number of hydrogen-bond donors (Lipinski definition) is 2. The van der Waals surface area contributed by atoms with Gasteiger partial charge in [-0.1, -0.05) is 25.8 Å². The maximum atomic E-state index is 13.6. The summed E-state index contributed by atoms with van der Waals surface area (Å²) in [6, 6.07) is 2.90. The van der Waals surface area contributed by atoms with Crippen LogP contribution in [-0.2, 0) is 14.3 Å². The van der Waals surface area contributed by atoms with Crippen LogP contribution in [0.3, 0.4) is 0 Å². The molecule has 1 aromatic rings. The van der Waals surface area contributed by atoms with E-state index in [1.807, 2.05) is 0 Å². The van der Waals surface area contributed by atoms with Gasteiger partial charge >= 0.3 is 0 Å². The molecular formula is C21H26ClN3O5. The summed E-state index contributed by atoms with van der Waals surface area (Å²) in [5.41, 5.74) is 0.0340. The van der Waals surface area contributed by atoms with Crippen molar-refractivity contribution in [1.29, 1.82) is 0 Å². The molecule has 3 aliphatic rings. The summed E-state index contributed by atoms with van der Waals surface area (Å²) >= 11 is 6.35. The predicted molar refractivity (Wildman–Crippen MR) is 108 cm³/mol. The molecule has 0 radical (unpaired) electrons. The molecule has 1 saturated carbocycles. The molecule has 4 atom stereocenters. The number of likely N-dealkylation sites (tertiary alicyclic amines) is 1. The van der Waals surface area contributed by atoms with Crippen molar-refractivity contribution in [3.8, 4) is 5.88 Å². The lowest BCUT2D eigenvalue weighted by atomic mass is 9.78. The molecule has 2 amide bonds. The summed E-state index contributed by atoms with van der Waals surface area (Å²) in [6.45, 7) is 2.34. The van der Waals surface area contributed by atoms with Crippen LogP contribution in [0.15, 0.2) is 18.2 Å². The van der Waals surface area contributed by atoms with Crippen LogP contribution in [-0.4, -0.2) is 69.3 Å². The largest absolute Gasteiger partial charge is 0.493 e. The number of carbonyl (C=O) groups excluding carboxylic acids is 3. The van der Waals surface area contributed by atoms with E-state index in [1.54, 1.807) is 0 Å². The van der Waals surface area contributed by atoms with Gasteiger partial charge < -0.3 is 20.1 Å². The second-order valence-electron chi connectivity index (χ2n) is 8.55. The standard InChI is InChI=1S/C21H26ClN3O5/c1-11-5-7-12(8-6-11)17(24-20(28)14-3-2-4-16(27)23-14)21(29)25-9-13(22)19-18(25)15(26)10-30-19/h2-4,11-13,17-19H,5-10H2,1H3,(H,23,27)(H,24,28)/t11-,12-,13-,17?,18+,19+/m0/s1. The molecular weight excluding hydrogens is 410 g/mol. The predicted octanol–water partition coefficient (Wildman–Crippen LogP) is 1.50. The van der Waals surface area contributed by atoms with Crippen LogP contribution in [0.1, 0.15) is 43.1 Å². The normalized spacial score (nSPS) is 32.0. The molecule has 2 saturated heterocycles. The van der Waals surface area contributed by atoms with Crippen LogP contribution in [0, 0.1) is 11.8 Å². The molecule has 1 aromatic heterocycles. The van der Waals surface area contributed by atoms with Gasteiger partial charge in [0, 0.05) is 12.6 Å². The molecule has 4 rings (SSSR count). The highest BCUT2D eigenvalue weighted by atomic mass is 35.5. The Hall–Kier alpha value is -2.19.